The molecule has 1 spiro atoms. The third-order valence-electron chi connectivity index (χ3n) is 4.86. The molecule has 0 amide bonds. The number of anilines is 1. The van der Waals surface area contributed by atoms with Crippen molar-refractivity contribution in [3.05, 3.63) is 22.5 Å². The normalized spacial score (nSPS) is 27.5. The largest absolute Gasteiger partial charge is 0.355 e. The molecular formula is C15H14Cl2F2N4. The molecule has 0 unspecified atom stereocenters. The van der Waals surface area contributed by atoms with Crippen LogP contribution in [-0.4, -0.2) is 34.2 Å². The van der Waals surface area contributed by atoms with Crippen molar-refractivity contribution < 1.29 is 8.78 Å². The second-order valence-corrected chi connectivity index (χ2v) is 7.17. The van der Waals surface area contributed by atoms with E-state index in [1.54, 1.807) is 0 Å². The van der Waals surface area contributed by atoms with E-state index in [2.05, 4.69) is 15.0 Å². The quantitative estimate of drug-likeness (QED) is 0.566. The molecule has 0 radical (unpaired) electrons. The number of pyridine rings is 1. The van der Waals surface area contributed by atoms with E-state index in [1.807, 2.05) is 4.90 Å². The Hall–Kier alpha value is -1.27. The number of nitrogens with zero attached hydrogens (tertiary/aromatic N) is 4. The number of rotatable bonds is 1. The van der Waals surface area contributed by atoms with Gasteiger partial charge in [0.1, 0.15) is 17.5 Å². The van der Waals surface area contributed by atoms with Crippen LogP contribution >= 0.6 is 23.2 Å². The van der Waals surface area contributed by atoms with Gasteiger partial charge in [-0.05, 0) is 42.7 Å². The van der Waals surface area contributed by atoms with Gasteiger partial charge >= 0.3 is 0 Å². The van der Waals surface area contributed by atoms with Crippen molar-refractivity contribution in [3.63, 3.8) is 0 Å². The Balaban J connectivity index is 1.78. The van der Waals surface area contributed by atoms with E-state index in [0.29, 0.717) is 30.6 Å². The van der Waals surface area contributed by atoms with Crippen LogP contribution in [0.3, 0.4) is 0 Å². The lowest BCUT2D eigenvalue weighted by Gasteiger charge is -2.50. The lowest BCUT2D eigenvalue weighted by Crippen LogP contribution is -2.51. The first kappa shape index (κ1) is 15.3. The first-order valence-electron chi connectivity index (χ1n) is 7.54. The molecule has 0 atom stereocenters. The van der Waals surface area contributed by atoms with E-state index >= 15 is 0 Å². The number of hydrogen-bond donors (Lipinski definition) is 0. The molecule has 8 heteroatoms. The monoisotopic (exact) mass is 358 g/mol. The third kappa shape index (κ3) is 2.52. The molecule has 1 aliphatic heterocycles. The van der Waals surface area contributed by atoms with Crippen LogP contribution in [0, 0.1) is 11.2 Å². The van der Waals surface area contributed by atoms with Crippen molar-refractivity contribution >= 4 is 39.9 Å². The molecular weight excluding hydrogens is 345 g/mol. The summed E-state index contributed by atoms with van der Waals surface area (Å²) in [4.78, 5) is 14.1. The molecule has 0 aromatic carbocycles. The van der Waals surface area contributed by atoms with Crippen LogP contribution in [0.5, 0.6) is 0 Å². The smallest absolute Gasteiger partial charge is 0.225 e. The average Bonchev–Trinajstić information content (AvgIpc) is 2.50. The summed E-state index contributed by atoms with van der Waals surface area (Å²) < 4.78 is 27.5. The zero-order valence-electron chi connectivity index (χ0n) is 12.2. The van der Waals surface area contributed by atoms with Gasteiger partial charge in [0.25, 0.3) is 0 Å². The maximum atomic E-state index is 14.2. The fourth-order valence-corrected chi connectivity index (χ4v) is 4.14. The number of aromatic nitrogens is 3. The molecule has 0 N–H and O–H groups in total. The minimum atomic E-state index is -0.710. The van der Waals surface area contributed by atoms with Gasteiger partial charge in [-0.1, -0.05) is 11.6 Å². The third-order valence-corrected chi connectivity index (χ3v) is 5.30. The molecule has 4 nitrogen and oxygen atoms in total. The van der Waals surface area contributed by atoms with Gasteiger partial charge in [0, 0.05) is 19.3 Å². The van der Waals surface area contributed by atoms with Crippen molar-refractivity contribution in [1.29, 1.82) is 0 Å². The molecule has 2 fully saturated rings. The number of piperidine rings is 1. The summed E-state index contributed by atoms with van der Waals surface area (Å²) in [6.45, 7) is 1.46. The fraction of sp³-hybridized carbons (Fsp3) is 0.533. The highest BCUT2D eigenvalue weighted by molar-refractivity contribution is 6.30. The molecule has 4 rings (SSSR count). The van der Waals surface area contributed by atoms with Crippen molar-refractivity contribution in [3.8, 4) is 0 Å². The highest BCUT2D eigenvalue weighted by Gasteiger charge is 2.47. The van der Waals surface area contributed by atoms with E-state index in [1.165, 1.54) is 6.20 Å². The van der Waals surface area contributed by atoms with E-state index in [0.717, 1.165) is 19.4 Å². The molecule has 2 aliphatic rings. The van der Waals surface area contributed by atoms with Crippen LogP contribution in [0.1, 0.15) is 25.7 Å². The van der Waals surface area contributed by atoms with Crippen molar-refractivity contribution in [1.82, 2.24) is 15.0 Å². The van der Waals surface area contributed by atoms with Gasteiger partial charge in [0.05, 0.1) is 5.39 Å². The maximum absolute atomic E-state index is 14.2. The van der Waals surface area contributed by atoms with Crippen molar-refractivity contribution in [2.45, 2.75) is 31.9 Å². The topological polar surface area (TPSA) is 41.9 Å². The second kappa shape index (κ2) is 5.38. The highest BCUT2D eigenvalue weighted by Crippen LogP contribution is 2.50. The molecule has 2 aromatic rings. The van der Waals surface area contributed by atoms with Crippen molar-refractivity contribution in [2.24, 2.45) is 5.41 Å². The van der Waals surface area contributed by atoms with E-state index in [4.69, 9.17) is 23.2 Å². The Morgan fingerprint density at radius 2 is 2.04 bits per heavy atom. The lowest BCUT2D eigenvalue weighted by molar-refractivity contribution is 0.0132. The van der Waals surface area contributed by atoms with Crippen molar-refractivity contribution in [2.75, 3.05) is 18.0 Å². The number of halogens is 4. The van der Waals surface area contributed by atoms with Gasteiger partial charge in [-0.15, -0.1) is 0 Å². The van der Waals surface area contributed by atoms with Crippen LogP contribution in [-0.2, 0) is 0 Å². The van der Waals surface area contributed by atoms with Crippen LogP contribution in [0.25, 0.3) is 10.9 Å². The van der Waals surface area contributed by atoms with E-state index < -0.39 is 12.0 Å². The number of fused-ring (bicyclic) bond motifs is 1. The van der Waals surface area contributed by atoms with Gasteiger partial charge in [-0.3, -0.25) is 0 Å². The van der Waals surface area contributed by atoms with Crippen LogP contribution in [0.4, 0.5) is 14.6 Å². The lowest BCUT2D eigenvalue weighted by atomic mass is 9.63. The minimum absolute atomic E-state index is 0.000184. The average molecular weight is 359 g/mol. The summed E-state index contributed by atoms with van der Waals surface area (Å²) in [5.41, 5.74) is 0.0661. The SMILES string of the molecule is Fc1c(Cl)ncc2c(N3CCCC4(CC(F)C4)C3)nc(Cl)nc12. The summed E-state index contributed by atoms with van der Waals surface area (Å²) in [5, 5.41) is 0.197. The van der Waals surface area contributed by atoms with Gasteiger partial charge in [-0.25, -0.2) is 18.7 Å². The summed E-state index contributed by atoms with van der Waals surface area (Å²) in [6.07, 6.45) is 3.88. The fourth-order valence-electron chi connectivity index (χ4n) is 3.84. The van der Waals surface area contributed by atoms with Gasteiger partial charge < -0.3 is 4.90 Å². The maximum Gasteiger partial charge on any atom is 0.225 e. The Bertz CT molecular complexity index is 774. The Kier molecular flexibility index (Phi) is 3.57. The second-order valence-electron chi connectivity index (χ2n) is 6.47. The molecule has 2 aromatic heterocycles. The Labute approximate surface area is 141 Å². The summed E-state index contributed by atoms with van der Waals surface area (Å²) in [7, 11) is 0. The summed E-state index contributed by atoms with van der Waals surface area (Å²) >= 11 is 11.7. The predicted molar refractivity (Wildman–Crippen MR) is 85.3 cm³/mol. The van der Waals surface area contributed by atoms with Crippen LogP contribution < -0.4 is 4.90 Å². The van der Waals surface area contributed by atoms with Crippen LogP contribution in [0.2, 0.25) is 10.4 Å². The first-order chi connectivity index (χ1) is 11.0. The Morgan fingerprint density at radius 3 is 2.78 bits per heavy atom. The summed E-state index contributed by atoms with van der Waals surface area (Å²) in [6, 6.07) is 0. The first-order valence-corrected chi connectivity index (χ1v) is 8.29. The highest BCUT2D eigenvalue weighted by atomic mass is 35.5. The van der Waals surface area contributed by atoms with E-state index in [9.17, 15) is 8.78 Å². The molecule has 1 saturated carbocycles. The van der Waals surface area contributed by atoms with Gasteiger partial charge in [0.15, 0.2) is 11.0 Å². The molecule has 122 valence electrons. The van der Waals surface area contributed by atoms with Crippen LogP contribution in [0.15, 0.2) is 6.20 Å². The predicted octanol–water partition coefficient (Wildman–Crippen LogP) is 4.19. The molecule has 1 aliphatic carbocycles. The molecule has 3 heterocycles. The Morgan fingerprint density at radius 1 is 1.26 bits per heavy atom. The molecule has 0 bridgehead atoms. The molecule has 23 heavy (non-hydrogen) atoms. The van der Waals surface area contributed by atoms with Gasteiger partial charge in [0.2, 0.25) is 5.28 Å². The van der Waals surface area contributed by atoms with E-state index in [-0.39, 0.29) is 21.4 Å². The minimum Gasteiger partial charge on any atom is -0.355 e. The standard InChI is InChI=1S/C15H14Cl2F2N4/c16-12-10(19)11-9(6-20-12)13(22-14(17)21-11)23-3-1-2-15(7-23)4-8(18)5-15/h6,8H,1-5,7H2. The summed E-state index contributed by atoms with van der Waals surface area (Å²) in [5.74, 6) is -0.154. The number of alkyl halides is 1. The number of hydrogen-bond acceptors (Lipinski definition) is 4. The molecule has 1 saturated heterocycles. The van der Waals surface area contributed by atoms with Gasteiger partial charge in [-0.2, -0.15) is 4.98 Å². The zero-order valence-corrected chi connectivity index (χ0v) is 13.7. The zero-order chi connectivity index (χ0) is 16.2.